The average Bonchev–Trinajstić information content (AvgIpc) is 3.28. The van der Waals surface area contributed by atoms with Gasteiger partial charge in [0.2, 0.25) is 5.95 Å². The van der Waals surface area contributed by atoms with Crippen molar-refractivity contribution >= 4 is 34.2 Å². The van der Waals surface area contributed by atoms with Crippen LogP contribution in [0.2, 0.25) is 0 Å². The quantitative estimate of drug-likeness (QED) is 0.362. The van der Waals surface area contributed by atoms with Gasteiger partial charge in [-0.2, -0.15) is 15.2 Å². The van der Waals surface area contributed by atoms with Crippen molar-refractivity contribution in [1.29, 1.82) is 5.26 Å². The van der Waals surface area contributed by atoms with Crippen molar-refractivity contribution in [2.24, 2.45) is 10.7 Å². The molecule has 5 N–H and O–H groups in total. The van der Waals surface area contributed by atoms with Gasteiger partial charge in [-0.3, -0.25) is 4.99 Å². The van der Waals surface area contributed by atoms with E-state index in [-0.39, 0.29) is 0 Å². The molecule has 0 saturated heterocycles. The fourth-order valence-electron chi connectivity index (χ4n) is 4.29. The topological polar surface area (TPSA) is 137 Å². The highest BCUT2D eigenvalue weighted by atomic mass is 16.5. The number of rotatable bonds is 8. The summed E-state index contributed by atoms with van der Waals surface area (Å²) in [7, 11) is 1.72. The maximum absolute atomic E-state index is 9.58. The number of hydrogen-bond acceptors (Lipinski definition) is 8. The van der Waals surface area contributed by atoms with Crippen LogP contribution in [0.25, 0.3) is 11.0 Å². The van der Waals surface area contributed by atoms with Crippen LogP contribution in [-0.2, 0) is 0 Å². The molecular formula is C25H30N8O. The standard InChI is InChI=1S/C25H30N8O/c1-3-34-21-13-16(19(28-2)11-12-26)9-10-20(21)31-25-32-23-22(17(14-27)15-29-23)24(33-25)30-18-7-5-4-6-8-18/h9-13,15,18H,3-8,26H2,1-2H3,(H3,29,30,31,32,33). The summed E-state index contributed by atoms with van der Waals surface area (Å²) in [6.45, 7) is 2.43. The van der Waals surface area contributed by atoms with Crippen LogP contribution in [-0.4, -0.2) is 40.4 Å². The number of anilines is 3. The van der Waals surface area contributed by atoms with E-state index in [0.29, 0.717) is 41.4 Å². The molecule has 1 aliphatic rings. The summed E-state index contributed by atoms with van der Waals surface area (Å²) < 4.78 is 5.89. The summed E-state index contributed by atoms with van der Waals surface area (Å²) in [6.07, 6.45) is 10.7. The van der Waals surface area contributed by atoms with Gasteiger partial charge < -0.3 is 26.1 Å². The van der Waals surface area contributed by atoms with E-state index in [4.69, 9.17) is 15.5 Å². The van der Waals surface area contributed by atoms with Crippen molar-refractivity contribution in [3.63, 3.8) is 0 Å². The highest BCUT2D eigenvalue weighted by molar-refractivity contribution is 6.09. The molecule has 9 heteroatoms. The SMILES string of the molecule is CCOc1cc(C(C=CN)=NC)ccc1Nc1nc(NC2CCCCC2)c2c(C#N)c[nH]c2n1. The smallest absolute Gasteiger partial charge is 0.231 e. The summed E-state index contributed by atoms with van der Waals surface area (Å²) in [4.78, 5) is 16.8. The Morgan fingerprint density at radius 3 is 2.85 bits per heavy atom. The van der Waals surface area contributed by atoms with E-state index in [2.05, 4.69) is 31.7 Å². The molecule has 0 spiro atoms. The number of nitrogens with zero attached hydrogens (tertiary/aromatic N) is 4. The van der Waals surface area contributed by atoms with Crippen LogP contribution in [0.5, 0.6) is 5.75 Å². The molecule has 1 saturated carbocycles. The lowest BCUT2D eigenvalue weighted by molar-refractivity contribution is 0.342. The third-order valence-electron chi connectivity index (χ3n) is 5.92. The molecule has 9 nitrogen and oxygen atoms in total. The van der Waals surface area contributed by atoms with Gasteiger partial charge in [0.05, 0.1) is 29.0 Å². The first-order chi connectivity index (χ1) is 16.7. The maximum atomic E-state index is 9.58. The van der Waals surface area contributed by atoms with Crippen molar-refractivity contribution in [2.45, 2.75) is 45.1 Å². The van der Waals surface area contributed by atoms with Crippen LogP contribution >= 0.6 is 0 Å². The Bertz CT molecular complexity index is 1250. The minimum atomic E-state index is 0.335. The molecule has 1 aromatic carbocycles. The first-order valence-corrected chi connectivity index (χ1v) is 11.6. The molecule has 0 unspecified atom stereocenters. The predicted octanol–water partition coefficient (Wildman–Crippen LogP) is 4.61. The largest absolute Gasteiger partial charge is 0.492 e. The number of aliphatic imine (C=N–C) groups is 1. The van der Waals surface area contributed by atoms with Crippen LogP contribution in [0.3, 0.4) is 0 Å². The molecule has 2 heterocycles. The molecule has 34 heavy (non-hydrogen) atoms. The number of aromatic amines is 1. The minimum absolute atomic E-state index is 0.335. The van der Waals surface area contributed by atoms with E-state index in [1.165, 1.54) is 25.5 Å². The Labute approximate surface area is 199 Å². The molecule has 2 aromatic heterocycles. The zero-order valence-electron chi connectivity index (χ0n) is 19.6. The second-order valence-electron chi connectivity index (χ2n) is 8.15. The minimum Gasteiger partial charge on any atom is -0.492 e. The van der Waals surface area contributed by atoms with Gasteiger partial charge in [0.25, 0.3) is 0 Å². The maximum Gasteiger partial charge on any atom is 0.231 e. The number of aromatic nitrogens is 3. The normalized spacial score (nSPS) is 14.9. The van der Waals surface area contributed by atoms with Crippen molar-refractivity contribution in [3.05, 3.63) is 47.8 Å². The summed E-state index contributed by atoms with van der Waals surface area (Å²) >= 11 is 0. The third kappa shape index (κ3) is 4.96. The van der Waals surface area contributed by atoms with E-state index >= 15 is 0 Å². The number of nitrogens with two attached hydrogens (primary N) is 1. The number of nitrogens with one attached hydrogen (secondary N) is 3. The van der Waals surface area contributed by atoms with Gasteiger partial charge in [0.15, 0.2) is 0 Å². The number of allylic oxidation sites excluding steroid dienone is 1. The van der Waals surface area contributed by atoms with Gasteiger partial charge >= 0.3 is 0 Å². The Balaban J connectivity index is 1.70. The molecule has 0 aliphatic heterocycles. The molecule has 0 bridgehead atoms. The molecular weight excluding hydrogens is 428 g/mol. The predicted molar refractivity (Wildman–Crippen MR) is 136 cm³/mol. The number of benzene rings is 1. The Morgan fingerprint density at radius 2 is 2.15 bits per heavy atom. The Kier molecular flexibility index (Phi) is 7.28. The summed E-state index contributed by atoms with van der Waals surface area (Å²) in [5, 5.41) is 17.2. The van der Waals surface area contributed by atoms with E-state index in [1.807, 2.05) is 25.1 Å². The number of nitriles is 1. The summed E-state index contributed by atoms with van der Waals surface area (Å²) in [5.41, 5.74) is 9.06. The van der Waals surface area contributed by atoms with E-state index in [0.717, 1.165) is 35.2 Å². The zero-order valence-corrected chi connectivity index (χ0v) is 19.6. The van der Waals surface area contributed by atoms with Gasteiger partial charge in [-0.15, -0.1) is 0 Å². The van der Waals surface area contributed by atoms with E-state index in [9.17, 15) is 5.26 Å². The van der Waals surface area contributed by atoms with Crippen molar-refractivity contribution in [3.8, 4) is 11.8 Å². The highest BCUT2D eigenvalue weighted by Gasteiger charge is 2.19. The Morgan fingerprint density at radius 1 is 1.32 bits per heavy atom. The van der Waals surface area contributed by atoms with Gasteiger partial charge in [-0.25, -0.2) is 0 Å². The monoisotopic (exact) mass is 458 g/mol. The molecule has 0 atom stereocenters. The van der Waals surface area contributed by atoms with Gasteiger partial charge in [0.1, 0.15) is 23.3 Å². The molecule has 1 aliphatic carbocycles. The van der Waals surface area contributed by atoms with Crippen molar-refractivity contribution in [1.82, 2.24) is 15.0 Å². The number of hydrogen-bond donors (Lipinski definition) is 4. The van der Waals surface area contributed by atoms with Gasteiger partial charge in [0, 0.05) is 24.8 Å². The molecule has 0 amide bonds. The number of fused-ring (bicyclic) bond motifs is 1. The van der Waals surface area contributed by atoms with E-state index < -0.39 is 0 Å². The fraction of sp³-hybridized carbons (Fsp3) is 0.360. The van der Waals surface area contributed by atoms with Crippen LogP contribution in [0.15, 0.2) is 41.7 Å². The lowest BCUT2D eigenvalue weighted by Crippen LogP contribution is -2.23. The zero-order chi connectivity index (χ0) is 23.9. The molecule has 3 aromatic rings. The van der Waals surface area contributed by atoms with Gasteiger partial charge in [-0.1, -0.05) is 25.3 Å². The fourth-order valence-corrected chi connectivity index (χ4v) is 4.29. The highest BCUT2D eigenvalue weighted by Crippen LogP contribution is 2.32. The number of ether oxygens (including phenoxy) is 1. The molecule has 4 rings (SSSR count). The lowest BCUT2D eigenvalue weighted by atomic mass is 9.95. The van der Waals surface area contributed by atoms with Crippen LogP contribution < -0.4 is 21.1 Å². The lowest BCUT2D eigenvalue weighted by Gasteiger charge is -2.24. The second kappa shape index (κ2) is 10.7. The number of H-pyrrole nitrogens is 1. The van der Waals surface area contributed by atoms with Crippen molar-refractivity contribution < 1.29 is 4.74 Å². The van der Waals surface area contributed by atoms with Crippen LogP contribution in [0.1, 0.15) is 50.2 Å². The second-order valence-corrected chi connectivity index (χ2v) is 8.15. The average molecular weight is 459 g/mol. The first-order valence-electron chi connectivity index (χ1n) is 11.6. The van der Waals surface area contributed by atoms with Crippen molar-refractivity contribution in [2.75, 3.05) is 24.3 Å². The summed E-state index contributed by atoms with van der Waals surface area (Å²) in [5.74, 6) is 1.73. The summed E-state index contributed by atoms with van der Waals surface area (Å²) in [6, 6.07) is 8.34. The van der Waals surface area contributed by atoms with E-state index in [1.54, 1.807) is 19.3 Å². The van der Waals surface area contributed by atoms with Gasteiger partial charge in [-0.05, 0) is 44.2 Å². The Hall–Kier alpha value is -4.06. The first kappa shape index (κ1) is 23.1. The molecule has 176 valence electrons. The molecule has 0 radical (unpaired) electrons. The van der Waals surface area contributed by atoms with Crippen LogP contribution in [0, 0.1) is 11.3 Å². The van der Waals surface area contributed by atoms with Crippen LogP contribution in [0.4, 0.5) is 17.5 Å². The molecule has 1 fully saturated rings. The third-order valence-corrected chi connectivity index (χ3v) is 5.92.